The first kappa shape index (κ1) is 11.1. The molecule has 0 N–H and O–H groups in total. The van der Waals surface area contributed by atoms with Gasteiger partial charge in [0.2, 0.25) is 6.54 Å². The van der Waals surface area contributed by atoms with Gasteiger partial charge in [-0.25, -0.2) is 6.57 Å². The number of alkyl halides is 3. The van der Waals surface area contributed by atoms with Crippen LogP contribution in [0.3, 0.4) is 0 Å². The highest BCUT2D eigenvalue weighted by molar-refractivity contribution is 5.42. The maximum Gasteiger partial charge on any atom is 0.417 e. The van der Waals surface area contributed by atoms with E-state index in [0.29, 0.717) is 0 Å². The van der Waals surface area contributed by atoms with Gasteiger partial charge in [0.15, 0.2) is 0 Å². The third-order valence-electron chi connectivity index (χ3n) is 1.77. The van der Waals surface area contributed by atoms with Crippen LogP contribution >= 0.6 is 0 Å². The number of hydrogen-bond donors (Lipinski definition) is 0. The number of benzene rings is 1. The van der Waals surface area contributed by atoms with Crippen molar-refractivity contribution >= 4 is 0 Å². The Morgan fingerprint density at radius 2 is 2.07 bits per heavy atom. The Morgan fingerprint density at radius 3 is 2.53 bits per heavy atom. The van der Waals surface area contributed by atoms with Crippen LogP contribution in [0.2, 0.25) is 0 Å². The van der Waals surface area contributed by atoms with Crippen molar-refractivity contribution in [1.29, 1.82) is 5.26 Å². The molecule has 0 fully saturated rings. The summed E-state index contributed by atoms with van der Waals surface area (Å²) >= 11 is 0. The molecule has 0 amide bonds. The first-order valence-electron chi connectivity index (χ1n) is 3.92. The lowest BCUT2D eigenvalue weighted by molar-refractivity contribution is -0.137. The van der Waals surface area contributed by atoms with E-state index in [0.717, 1.165) is 12.1 Å². The third kappa shape index (κ3) is 2.47. The highest BCUT2D eigenvalue weighted by atomic mass is 19.4. The van der Waals surface area contributed by atoms with E-state index in [1.165, 1.54) is 12.1 Å². The lowest BCUT2D eigenvalue weighted by atomic mass is 10.0. The summed E-state index contributed by atoms with van der Waals surface area (Å²) < 4.78 is 37.3. The van der Waals surface area contributed by atoms with Crippen molar-refractivity contribution in [2.45, 2.75) is 12.7 Å². The summed E-state index contributed by atoms with van der Waals surface area (Å²) in [5, 5.41) is 8.49. The normalized spacial score (nSPS) is 10.5. The highest BCUT2D eigenvalue weighted by Gasteiger charge is 2.33. The van der Waals surface area contributed by atoms with Gasteiger partial charge in [-0.15, -0.1) is 0 Å². The number of halogens is 3. The van der Waals surface area contributed by atoms with Crippen LogP contribution in [0.25, 0.3) is 4.85 Å². The Hall–Kier alpha value is -2.01. The largest absolute Gasteiger partial charge is 0.417 e. The summed E-state index contributed by atoms with van der Waals surface area (Å²) in [5.74, 6) is 0. The van der Waals surface area contributed by atoms with Crippen molar-refractivity contribution in [3.05, 3.63) is 46.3 Å². The second-order valence-electron chi connectivity index (χ2n) is 2.81. The van der Waals surface area contributed by atoms with Crippen molar-refractivity contribution in [3.63, 3.8) is 0 Å². The Labute approximate surface area is 84.4 Å². The molecule has 15 heavy (non-hydrogen) atoms. The molecule has 0 unspecified atom stereocenters. The van der Waals surface area contributed by atoms with Gasteiger partial charge >= 0.3 is 6.18 Å². The molecule has 1 aromatic rings. The van der Waals surface area contributed by atoms with Gasteiger partial charge in [-0.05, 0) is 12.1 Å². The molecule has 0 bridgehead atoms. The van der Waals surface area contributed by atoms with E-state index in [1.807, 2.05) is 0 Å². The molecule has 5 heteroatoms. The van der Waals surface area contributed by atoms with Gasteiger partial charge in [0.1, 0.15) is 0 Å². The summed E-state index contributed by atoms with van der Waals surface area (Å²) in [6, 6.07) is 4.76. The number of nitriles is 1. The minimum atomic E-state index is -4.55. The van der Waals surface area contributed by atoms with Crippen molar-refractivity contribution in [2.24, 2.45) is 0 Å². The molecule has 0 heterocycles. The molecule has 1 rings (SSSR count). The summed E-state index contributed by atoms with van der Waals surface area (Å²) in [7, 11) is 0. The molecule has 0 saturated carbocycles. The fraction of sp³-hybridized carbons (Fsp3) is 0.200. The Balaban J connectivity index is 3.29. The summed E-state index contributed by atoms with van der Waals surface area (Å²) in [5.41, 5.74) is -1.14. The molecule has 76 valence electrons. The van der Waals surface area contributed by atoms with Crippen LogP contribution < -0.4 is 0 Å². The fourth-order valence-corrected chi connectivity index (χ4v) is 1.11. The standard InChI is InChI=1S/C10H5F3N2/c1-15-6-7-2-3-8(5-14)9(4-7)10(11,12)13/h2-4H,6H2. The molecular weight excluding hydrogens is 205 g/mol. The summed E-state index contributed by atoms with van der Waals surface area (Å²) in [4.78, 5) is 2.98. The Morgan fingerprint density at radius 1 is 1.40 bits per heavy atom. The molecule has 0 atom stereocenters. The van der Waals surface area contributed by atoms with E-state index in [-0.39, 0.29) is 12.1 Å². The SMILES string of the molecule is [C-]#[N+]Cc1ccc(C#N)c(C(F)(F)F)c1. The smallest absolute Gasteiger partial charge is 0.312 e. The Bertz CT molecular complexity index is 449. The van der Waals surface area contributed by atoms with Gasteiger partial charge in [0.05, 0.1) is 17.2 Å². The number of hydrogen-bond acceptors (Lipinski definition) is 1. The van der Waals surface area contributed by atoms with Gasteiger partial charge < -0.3 is 4.85 Å². The Kier molecular flexibility index (Phi) is 2.96. The van der Waals surface area contributed by atoms with Crippen molar-refractivity contribution in [1.82, 2.24) is 0 Å². The van der Waals surface area contributed by atoms with Gasteiger partial charge in [0, 0.05) is 5.56 Å². The minimum absolute atomic E-state index is 0.116. The van der Waals surface area contributed by atoms with E-state index in [1.54, 1.807) is 0 Å². The summed E-state index contributed by atoms with van der Waals surface area (Å²) in [6.45, 7) is 6.43. The van der Waals surface area contributed by atoms with Crippen LogP contribution in [0.15, 0.2) is 18.2 Å². The lowest BCUT2D eigenvalue weighted by Gasteiger charge is -2.08. The van der Waals surface area contributed by atoms with Crippen LogP contribution in [0.4, 0.5) is 13.2 Å². The minimum Gasteiger partial charge on any atom is -0.312 e. The van der Waals surface area contributed by atoms with Crippen LogP contribution in [-0.2, 0) is 12.7 Å². The lowest BCUT2D eigenvalue weighted by Crippen LogP contribution is -2.08. The van der Waals surface area contributed by atoms with Gasteiger partial charge in [-0.3, -0.25) is 0 Å². The quantitative estimate of drug-likeness (QED) is 0.655. The predicted molar refractivity (Wildman–Crippen MR) is 46.5 cm³/mol. The summed E-state index contributed by atoms with van der Waals surface area (Å²) in [6.07, 6.45) is -4.55. The van der Waals surface area contributed by atoms with Crippen LogP contribution in [-0.4, -0.2) is 0 Å². The fourth-order valence-electron chi connectivity index (χ4n) is 1.11. The average molecular weight is 210 g/mol. The molecule has 1 aromatic carbocycles. The zero-order valence-corrected chi connectivity index (χ0v) is 7.47. The zero-order valence-electron chi connectivity index (χ0n) is 7.47. The molecule has 0 aliphatic heterocycles. The second kappa shape index (κ2) is 4.02. The first-order valence-corrected chi connectivity index (χ1v) is 3.92. The van der Waals surface area contributed by atoms with Crippen LogP contribution in [0.1, 0.15) is 16.7 Å². The molecular formula is C10H5F3N2. The maximum absolute atomic E-state index is 12.4. The molecule has 0 aromatic heterocycles. The topological polar surface area (TPSA) is 28.1 Å². The monoisotopic (exact) mass is 210 g/mol. The predicted octanol–water partition coefficient (Wildman–Crippen LogP) is 3.00. The molecule has 0 saturated heterocycles. The van der Waals surface area contributed by atoms with E-state index in [9.17, 15) is 13.2 Å². The van der Waals surface area contributed by atoms with Crippen molar-refractivity contribution < 1.29 is 13.2 Å². The average Bonchev–Trinajstić information content (AvgIpc) is 2.17. The van der Waals surface area contributed by atoms with E-state index in [2.05, 4.69) is 4.85 Å². The van der Waals surface area contributed by atoms with Gasteiger partial charge in [-0.2, -0.15) is 18.4 Å². The second-order valence-corrected chi connectivity index (χ2v) is 2.81. The van der Waals surface area contributed by atoms with E-state index in [4.69, 9.17) is 11.8 Å². The first-order chi connectivity index (χ1) is 6.99. The molecule has 0 aliphatic rings. The maximum atomic E-state index is 12.4. The van der Waals surface area contributed by atoms with Gasteiger partial charge in [-0.1, -0.05) is 6.07 Å². The van der Waals surface area contributed by atoms with Crippen LogP contribution in [0, 0.1) is 17.9 Å². The van der Waals surface area contributed by atoms with Gasteiger partial charge in [0.25, 0.3) is 0 Å². The van der Waals surface area contributed by atoms with Crippen molar-refractivity contribution in [2.75, 3.05) is 0 Å². The van der Waals surface area contributed by atoms with Crippen molar-refractivity contribution in [3.8, 4) is 6.07 Å². The molecule has 0 aliphatic carbocycles. The highest BCUT2D eigenvalue weighted by Crippen LogP contribution is 2.32. The number of nitrogens with zero attached hydrogens (tertiary/aromatic N) is 2. The molecule has 0 spiro atoms. The van der Waals surface area contributed by atoms with E-state index >= 15 is 0 Å². The molecule has 2 nitrogen and oxygen atoms in total. The molecule has 0 radical (unpaired) electrons. The zero-order chi connectivity index (χ0) is 11.5. The number of rotatable bonds is 1. The van der Waals surface area contributed by atoms with E-state index < -0.39 is 17.3 Å². The third-order valence-corrected chi connectivity index (χ3v) is 1.77. The van der Waals surface area contributed by atoms with Crippen LogP contribution in [0.5, 0.6) is 0 Å².